The summed E-state index contributed by atoms with van der Waals surface area (Å²) in [6.07, 6.45) is 3.91. The van der Waals surface area contributed by atoms with Crippen LogP contribution in [0.3, 0.4) is 0 Å². The first-order valence-electron chi connectivity index (χ1n) is 8.11. The van der Waals surface area contributed by atoms with Crippen LogP contribution in [0, 0.1) is 0 Å². The van der Waals surface area contributed by atoms with Gasteiger partial charge in [0.05, 0.1) is 12.7 Å². The Balaban J connectivity index is 2.10. The minimum absolute atomic E-state index is 0.170. The molecule has 1 heterocycles. The number of nitrogens with two attached hydrogens (primary N) is 1. The van der Waals surface area contributed by atoms with Crippen molar-refractivity contribution in [3.8, 4) is 5.75 Å². The first kappa shape index (κ1) is 18.1. The molecule has 3 N–H and O–H groups in total. The van der Waals surface area contributed by atoms with E-state index in [2.05, 4.69) is 5.32 Å². The van der Waals surface area contributed by atoms with Crippen LogP contribution in [-0.2, 0) is 4.74 Å². The summed E-state index contributed by atoms with van der Waals surface area (Å²) >= 11 is 0. The number of primary amides is 1. The number of benzene rings is 1. The molecule has 0 saturated carbocycles. The summed E-state index contributed by atoms with van der Waals surface area (Å²) in [4.78, 5) is 25.9. The number of methoxy groups -OCH3 is 2. The summed E-state index contributed by atoms with van der Waals surface area (Å²) in [5, 5.41) is 2.85. The molecule has 0 aliphatic carbocycles. The van der Waals surface area contributed by atoms with Gasteiger partial charge >= 0.3 is 6.03 Å². The largest absolute Gasteiger partial charge is 0.496 e. The van der Waals surface area contributed by atoms with Crippen LogP contribution in [0.5, 0.6) is 5.75 Å². The number of ether oxygens (including phenoxy) is 2. The summed E-state index contributed by atoms with van der Waals surface area (Å²) in [5.41, 5.74) is 6.11. The molecular weight excluding hydrogens is 310 g/mol. The van der Waals surface area contributed by atoms with Gasteiger partial charge in [0, 0.05) is 32.0 Å². The molecule has 1 aliphatic rings. The molecule has 1 fully saturated rings. The van der Waals surface area contributed by atoms with Gasteiger partial charge in [-0.2, -0.15) is 0 Å². The van der Waals surface area contributed by atoms with Crippen molar-refractivity contribution in [2.45, 2.75) is 31.7 Å². The zero-order valence-electron chi connectivity index (χ0n) is 14.2. The first-order valence-corrected chi connectivity index (χ1v) is 8.11. The van der Waals surface area contributed by atoms with Crippen LogP contribution in [0.2, 0.25) is 0 Å². The SMILES string of the molecule is COCCC1CCCCN1C(=O)Nc1ccc(OC)c(C(N)=O)c1. The monoisotopic (exact) mass is 335 g/mol. The van der Waals surface area contributed by atoms with Crippen LogP contribution >= 0.6 is 0 Å². The van der Waals surface area contributed by atoms with Gasteiger partial charge in [0.1, 0.15) is 5.75 Å². The molecular formula is C17H25N3O4. The van der Waals surface area contributed by atoms with E-state index in [1.165, 1.54) is 13.2 Å². The fourth-order valence-corrected chi connectivity index (χ4v) is 3.00. The Hall–Kier alpha value is -2.28. The molecule has 7 heteroatoms. The van der Waals surface area contributed by atoms with Gasteiger partial charge in [-0.1, -0.05) is 0 Å². The second kappa shape index (κ2) is 8.54. The van der Waals surface area contributed by atoms with E-state index in [0.717, 1.165) is 32.2 Å². The average molecular weight is 335 g/mol. The number of rotatable bonds is 6. The van der Waals surface area contributed by atoms with E-state index in [-0.39, 0.29) is 17.6 Å². The molecule has 1 aromatic rings. The number of carbonyl (C=O) groups excluding carboxylic acids is 2. The quantitative estimate of drug-likeness (QED) is 0.833. The summed E-state index contributed by atoms with van der Waals surface area (Å²) in [6, 6.07) is 4.85. The third kappa shape index (κ3) is 4.38. The van der Waals surface area contributed by atoms with Crippen LogP contribution in [0.1, 0.15) is 36.0 Å². The van der Waals surface area contributed by atoms with Gasteiger partial charge < -0.3 is 25.4 Å². The lowest BCUT2D eigenvalue weighted by atomic mass is 10.00. The minimum Gasteiger partial charge on any atom is -0.496 e. The minimum atomic E-state index is -0.598. The molecule has 0 spiro atoms. The van der Waals surface area contributed by atoms with Crippen LogP contribution in [0.4, 0.5) is 10.5 Å². The van der Waals surface area contributed by atoms with Gasteiger partial charge in [0.2, 0.25) is 0 Å². The van der Waals surface area contributed by atoms with Crippen molar-refractivity contribution in [3.63, 3.8) is 0 Å². The van der Waals surface area contributed by atoms with Crippen LogP contribution in [0.15, 0.2) is 18.2 Å². The molecule has 1 aliphatic heterocycles. The van der Waals surface area contributed by atoms with Crippen LogP contribution in [0.25, 0.3) is 0 Å². The maximum absolute atomic E-state index is 12.6. The van der Waals surface area contributed by atoms with E-state index < -0.39 is 5.91 Å². The smallest absolute Gasteiger partial charge is 0.322 e. The van der Waals surface area contributed by atoms with E-state index in [1.807, 2.05) is 4.90 Å². The van der Waals surface area contributed by atoms with Crippen LogP contribution in [-0.4, -0.2) is 50.3 Å². The topological polar surface area (TPSA) is 93.9 Å². The third-order valence-corrected chi connectivity index (χ3v) is 4.26. The van der Waals surface area contributed by atoms with Crippen molar-refractivity contribution in [1.29, 1.82) is 0 Å². The number of nitrogens with one attached hydrogen (secondary N) is 1. The van der Waals surface area contributed by atoms with Crippen molar-refractivity contribution in [3.05, 3.63) is 23.8 Å². The number of piperidine rings is 1. The zero-order valence-corrected chi connectivity index (χ0v) is 14.2. The Labute approximate surface area is 142 Å². The van der Waals surface area contributed by atoms with Gasteiger partial charge in [-0.3, -0.25) is 4.79 Å². The molecule has 1 unspecified atom stereocenters. The maximum atomic E-state index is 12.6. The Morgan fingerprint density at radius 2 is 2.12 bits per heavy atom. The summed E-state index contributed by atoms with van der Waals surface area (Å²) in [5.74, 6) is -0.213. The number of anilines is 1. The first-order chi connectivity index (χ1) is 11.6. The fraction of sp³-hybridized carbons (Fsp3) is 0.529. The molecule has 1 aromatic carbocycles. The standard InChI is InChI=1S/C17H25N3O4/c1-23-10-8-13-5-3-4-9-20(13)17(22)19-12-6-7-15(24-2)14(11-12)16(18)21/h6-7,11,13H,3-5,8-10H2,1-2H3,(H2,18,21)(H,19,22). The van der Waals surface area contributed by atoms with E-state index in [0.29, 0.717) is 18.0 Å². The van der Waals surface area contributed by atoms with Crippen molar-refractivity contribution < 1.29 is 19.1 Å². The molecule has 1 saturated heterocycles. The van der Waals surface area contributed by atoms with Crippen molar-refractivity contribution in [1.82, 2.24) is 4.90 Å². The molecule has 0 radical (unpaired) electrons. The molecule has 2 rings (SSSR count). The molecule has 7 nitrogen and oxygen atoms in total. The molecule has 24 heavy (non-hydrogen) atoms. The Kier molecular flexibility index (Phi) is 6.43. The number of amides is 3. The molecule has 0 bridgehead atoms. The van der Waals surface area contributed by atoms with Crippen LogP contribution < -0.4 is 15.8 Å². The number of urea groups is 1. The summed E-state index contributed by atoms with van der Waals surface area (Å²) in [6.45, 7) is 1.35. The van der Waals surface area contributed by atoms with Gasteiger partial charge in [0.15, 0.2) is 0 Å². The van der Waals surface area contributed by atoms with Crippen molar-refractivity contribution in [2.24, 2.45) is 5.73 Å². The second-order valence-electron chi connectivity index (χ2n) is 5.83. The van der Waals surface area contributed by atoms with Crippen molar-refractivity contribution in [2.75, 3.05) is 32.7 Å². The highest BCUT2D eigenvalue weighted by Crippen LogP contribution is 2.24. The molecule has 0 aromatic heterocycles. The highest BCUT2D eigenvalue weighted by molar-refractivity contribution is 5.98. The number of hydrogen-bond donors (Lipinski definition) is 2. The lowest BCUT2D eigenvalue weighted by Gasteiger charge is -2.35. The zero-order chi connectivity index (χ0) is 17.5. The van der Waals surface area contributed by atoms with Gasteiger partial charge in [-0.25, -0.2) is 4.79 Å². The third-order valence-electron chi connectivity index (χ3n) is 4.26. The lowest BCUT2D eigenvalue weighted by molar-refractivity contribution is 0.0997. The van der Waals surface area contributed by atoms with Gasteiger partial charge in [-0.15, -0.1) is 0 Å². The van der Waals surface area contributed by atoms with E-state index >= 15 is 0 Å². The normalized spacial score (nSPS) is 17.4. The summed E-state index contributed by atoms with van der Waals surface area (Å²) in [7, 11) is 3.13. The Morgan fingerprint density at radius 3 is 2.79 bits per heavy atom. The van der Waals surface area contributed by atoms with E-state index in [9.17, 15) is 9.59 Å². The fourth-order valence-electron chi connectivity index (χ4n) is 3.00. The van der Waals surface area contributed by atoms with E-state index in [1.54, 1.807) is 19.2 Å². The van der Waals surface area contributed by atoms with Gasteiger partial charge in [-0.05, 0) is 43.9 Å². The molecule has 1 atom stereocenters. The number of carbonyl (C=O) groups is 2. The Morgan fingerprint density at radius 1 is 1.33 bits per heavy atom. The number of nitrogens with zero attached hydrogens (tertiary/aromatic N) is 1. The highest BCUT2D eigenvalue weighted by Gasteiger charge is 2.26. The average Bonchev–Trinajstić information content (AvgIpc) is 2.60. The van der Waals surface area contributed by atoms with E-state index in [4.69, 9.17) is 15.2 Å². The molecule has 132 valence electrons. The maximum Gasteiger partial charge on any atom is 0.322 e. The highest BCUT2D eigenvalue weighted by atomic mass is 16.5. The predicted octanol–water partition coefficient (Wildman–Crippen LogP) is 2.22. The number of likely N-dealkylation sites (tertiary alicyclic amines) is 1. The van der Waals surface area contributed by atoms with Gasteiger partial charge in [0.25, 0.3) is 5.91 Å². The lowest BCUT2D eigenvalue weighted by Crippen LogP contribution is -2.46. The predicted molar refractivity (Wildman–Crippen MR) is 91.4 cm³/mol. The number of hydrogen-bond acceptors (Lipinski definition) is 4. The molecule has 3 amide bonds. The Bertz CT molecular complexity index is 591. The second-order valence-corrected chi connectivity index (χ2v) is 5.83. The summed E-state index contributed by atoms with van der Waals surface area (Å²) < 4.78 is 10.2. The van der Waals surface area contributed by atoms with Crippen molar-refractivity contribution >= 4 is 17.6 Å².